The molecule has 0 rings (SSSR count). The van der Waals surface area contributed by atoms with E-state index in [4.69, 9.17) is 15.9 Å². The Balaban J connectivity index is 3.14. The van der Waals surface area contributed by atoms with Crippen LogP contribution in [0.15, 0.2) is 0 Å². The molecule has 0 bridgehead atoms. The van der Waals surface area contributed by atoms with E-state index in [1.165, 1.54) is 0 Å². The predicted octanol–water partition coefficient (Wildman–Crippen LogP) is 0.628. The monoisotopic (exact) mass is 173 g/mol. The van der Waals surface area contributed by atoms with Gasteiger partial charge >= 0.3 is 0 Å². The molecule has 0 aromatic rings. The summed E-state index contributed by atoms with van der Waals surface area (Å²) in [4.78, 5) is 1.70. The largest absolute Gasteiger partial charge is 0.381 e. The highest BCUT2D eigenvalue weighted by Crippen LogP contribution is 1.88. The van der Waals surface area contributed by atoms with Gasteiger partial charge in [-0.15, -0.1) is 0 Å². The van der Waals surface area contributed by atoms with Crippen molar-refractivity contribution in [2.45, 2.75) is 19.8 Å². The number of ether oxygens (including phenoxy) is 1. The second-order valence-electron chi connectivity index (χ2n) is 2.77. The zero-order valence-corrected chi connectivity index (χ0v) is 7.97. The van der Waals surface area contributed by atoms with Crippen molar-refractivity contribution in [3.05, 3.63) is 0 Å². The molecule has 0 aliphatic heterocycles. The molecule has 0 aliphatic carbocycles. The van der Waals surface area contributed by atoms with Crippen molar-refractivity contribution in [2.24, 2.45) is 5.73 Å². The van der Waals surface area contributed by atoms with E-state index in [2.05, 4.69) is 6.92 Å². The maximum atomic E-state index is 7.08. The lowest BCUT2D eigenvalue weighted by Gasteiger charge is -2.15. The fraction of sp³-hybridized carbons (Fsp3) is 0.875. The second-order valence-corrected chi connectivity index (χ2v) is 2.77. The molecular formula is C8H19N3O. The van der Waals surface area contributed by atoms with Gasteiger partial charge in [0.1, 0.15) is 0 Å². The fourth-order valence-electron chi connectivity index (χ4n) is 0.771. The zero-order valence-electron chi connectivity index (χ0n) is 7.97. The maximum absolute atomic E-state index is 7.08. The molecule has 0 spiro atoms. The number of nitrogens with two attached hydrogens (primary N) is 1. The molecule has 0 fully saturated rings. The molecule has 12 heavy (non-hydrogen) atoms. The van der Waals surface area contributed by atoms with Crippen molar-refractivity contribution in [2.75, 3.05) is 26.8 Å². The topological polar surface area (TPSA) is 62.3 Å². The van der Waals surface area contributed by atoms with Crippen LogP contribution in [0.1, 0.15) is 19.8 Å². The third kappa shape index (κ3) is 5.97. The minimum absolute atomic E-state index is 0.116. The van der Waals surface area contributed by atoms with Gasteiger partial charge in [0.05, 0.1) is 0 Å². The van der Waals surface area contributed by atoms with E-state index in [-0.39, 0.29) is 5.96 Å². The number of nitrogens with zero attached hydrogens (tertiary/aromatic N) is 1. The van der Waals surface area contributed by atoms with Crippen LogP contribution in [0.4, 0.5) is 0 Å². The van der Waals surface area contributed by atoms with Gasteiger partial charge in [-0.05, 0) is 12.8 Å². The van der Waals surface area contributed by atoms with Crippen LogP contribution in [-0.2, 0) is 4.74 Å². The minimum Gasteiger partial charge on any atom is -0.381 e. The Bertz CT molecular complexity index is 127. The molecule has 4 heteroatoms. The Morgan fingerprint density at radius 3 is 2.67 bits per heavy atom. The van der Waals surface area contributed by atoms with Gasteiger partial charge in [-0.2, -0.15) is 0 Å². The molecule has 0 saturated carbocycles. The molecule has 0 atom stereocenters. The third-order valence-electron chi connectivity index (χ3n) is 1.54. The third-order valence-corrected chi connectivity index (χ3v) is 1.54. The van der Waals surface area contributed by atoms with Gasteiger partial charge in [-0.1, -0.05) is 6.92 Å². The zero-order chi connectivity index (χ0) is 9.40. The molecule has 0 aromatic carbocycles. The van der Waals surface area contributed by atoms with Gasteiger partial charge in [-0.3, -0.25) is 5.41 Å². The average molecular weight is 173 g/mol. The number of hydrogen-bond acceptors (Lipinski definition) is 2. The first-order chi connectivity index (χ1) is 5.68. The lowest BCUT2D eigenvalue weighted by Crippen LogP contribution is -2.33. The molecule has 0 heterocycles. The molecule has 0 aromatic heterocycles. The van der Waals surface area contributed by atoms with Gasteiger partial charge in [0.15, 0.2) is 5.96 Å². The van der Waals surface area contributed by atoms with Crippen LogP contribution in [0, 0.1) is 5.41 Å². The van der Waals surface area contributed by atoms with Crippen molar-refractivity contribution < 1.29 is 4.74 Å². The summed E-state index contributed by atoms with van der Waals surface area (Å²) in [6.07, 6.45) is 1.98. The molecule has 72 valence electrons. The summed E-state index contributed by atoms with van der Waals surface area (Å²) < 4.78 is 5.27. The Kier molecular flexibility index (Phi) is 6.47. The number of hydrogen-bond donors (Lipinski definition) is 2. The molecular weight excluding hydrogens is 154 g/mol. The van der Waals surface area contributed by atoms with Crippen LogP contribution in [0.3, 0.4) is 0 Å². The first-order valence-electron chi connectivity index (χ1n) is 4.31. The van der Waals surface area contributed by atoms with Crippen LogP contribution >= 0.6 is 0 Å². The van der Waals surface area contributed by atoms with Crippen molar-refractivity contribution in [1.82, 2.24) is 4.90 Å². The van der Waals surface area contributed by atoms with E-state index in [9.17, 15) is 0 Å². The molecule has 0 aliphatic rings. The van der Waals surface area contributed by atoms with E-state index in [0.29, 0.717) is 0 Å². The van der Waals surface area contributed by atoms with Crippen molar-refractivity contribution in [3.63, 3.8) is 0 Å². The summed E-state index contributed by atoms with van der Waals surface area (Å²) in [5, 5.41) is 7.08. The highest BCUT2D eigenvalue weighted by atomic mass is 16.5. The molecule has 0 unspecified atom stereocenters. The van der Waals surface area contributed by atoms with E-state index in [1.54, 1.807) is 4.90 Å². The number of rotatable bonds is 6. The predicted molar refractivity (Wildman–Crippen MR) is 50.3 cm³/mol. The normalized spacial score (nSPS) is 9.83. The molecule has 4 nitrogen and oxygen atoms in total. The average Bonchev–Trinajstić information content (AvgIpc) is 2.03. The van der Waals surface area contributed by atoms with Crippen molar-refractivity contribution >= 4 is 5.96 Å². The molecule has 3 N–H and O–H groups in total. The van der Waals surface area contributed by atoms with E-state index >= 15 is 0 Å². The van der Waals surface area contributed by atoms with Gasteiger partial charge in [-0.25, -0.2) is 0 Å². The Labute approximate surface area is 74.2 Å². The smallest absolute Gasteiger partial charge is 0.188 e. The second kappa shape index (κ2) is 6.91. The van der Waals surface area contributed by atoms with Crippen LogP contribution in [-0.4, -0.2) is 37.7 Å². The summed E-state index contributed by atoms with van der Waals surface area (Å²) in [5.41, 5.74) is 5.25. The summed E-state index contributed by atoms with van der Waals surface area (Å²) in [6, 6.07) is 0. The number of nitrogens with one attached hydrogen (secondary N) is 1. The summed E-state index contributed by atoms with van der Waals surface area (Å²) in [6.45, 7) is 4.45. The van der Waals surface area contributed by atoms with Gasteiger partial charge < -0.3 is 15.4 Å². The summed E-state index contributed by atoms with van der Waals surface area (Å²) in [7, 11) is 1.81. The van der Waals surface area contributed by atoms with Crippen LogP contribution in [0.5, 0.6) is 0 Å². The first-order valence-corrected chi connectivity index (χ1v) is 4.31. The van der Waals surface area contributed by atoms with Gasteiger partial charge in [0, 0.05) is 26.8 Å². The van der Waals surface area contributed by atoms with Gasteiger partial charge in [0.2, 0.25) is 0 Å². The van der Waals surface area contributed by atoms with Crippen LogP contribution in [0.2, 0.25) is 0 Å². The highest BCUT2D eigenvalue weighted by molar-refractivity contribution is 5.74. The van der Waals surface area contributed by atoms with Crippen LogP contribution in [0.25, 0.3) is 0 Å². The van der Waals surface area contributed by atoms with E-state index < -0.39 is 0 Å². The van der Waals surface area contributed by atoms with E-state index in [1.807, 2.05) is 7.05 Å². The lowest BCUT2D eigenvalue weighted by atomic mass is 10.4. The van der Waals surface area contributed by atoms with Crippen molar-refractivity contribution in [3.8, 4) is 0 Å². The van der Waals surface area contributed by atoms with Crippen LogP contribution < -0.4 is 5.73 Å². The summed E-state index contributed by atoms with van der Waals surface area (Å²) in [5.74, 6) is 0.116. The SMILES string of the molecule is CCCOCCCN(C)C(=N)N. The Morgan fingerprint density at radius 1 is 1.50 bits per heavy atom. The standard InChI is InChI=1S/C8H19N3O/c1-3-6-12-7-4-5-11(2)8(9)10/h3-7H2,1-2H3,(H3,9,10). The van der Waals surface area contributed by atoms with E-state index in [0.717, 1.165) is 32.6 Å². The fourth-order valence-corrected chi connectivity index (χ4v) is 0.771. The number of guanidine groups is 1. The minimum atomic E-state index is 0.116. The lowest BCUT2D eigenvalue weighted by molar-refractivity contribution is 0.129. The van der Waals surface area contributed by atoms with Crippen molar-refractivity contribution in [1.29, 1.82) is 5.41 Å². The highest BCUT2D eigenvalue weighted by Gasteiger charge is 1.97. The van der Waals surface area contributed by atoms with Gasteiger partial charge in [0.25, 0.3) is 0 Å². The molecule has 0 amide bonds. The first kappa shape index (κ1) is 11.2. The Morgan fingerprint density at radius 2 is 2.17 bits per heavy atom. The summed E-state index contributed by atoms with van der Waals surface area (Å²) >= 11 is 0. The molecule has 0 radical (unpaired) electrons. The Hall–Kier alpha value is -0.770. The maximum Gasteiger partial charge on any atom is 0.188 e. The molecule has 0 saturated heterocycles. The quantitative estimate of drug-likeness (QED) is 0.352.